The van der Waals surface area contributed by atoms with Crippen molar-refractivity contribution in [1.82, 2.24) is 14.9 Å². The molecule has 0 radical (unpaired) electrons. The molecule has 1 unspecified atom stereocenters. The van der Waals surface area contributed by atoms with Gasteiger partial charge in [-0.1, -0.05) is 29.8 Å². The van der Waals surface area contributed by atoms with E-state index in [-0.39, 0.29) is 6.04 Å². The molecule has 0 fully saturated rings. The van der Waals surface area contributed by atoms with Crippen LogP contribution in [0.15, 0.2) is 30.6 Å². The zero-order valence-electron chi connectivity index (χ0n) is 11.0. The molecule has 2 heterocycles. The van der Waals surface area contributed by atoms with Gasteiger partial charge in [-0.15, -0.1) is 0 Å². The number of rotatable bonds is 2. The van der Waals surface area contributed by atoms with Crippen molar-refractivity contribution in [3.05, 3.63) is 53.1 Å². The number of hydrogen-bond acceptors (Lipinski definition) is 2. The van der Waals surface area contributed by atoms with Crippen LogP contribution in [0, 0.1) is 6.92 Å². The molecule has 0 bridgehead atoms. The predicted molar refractivity (Wildman–Crippen MR) is 72.6 cm³/mol. The molecule has 18 heavy (non-hydrogen) atoms. The summed E-state index contributed by atoms with van der Waals surface area (Å²) >= 11 is 0. The zero-order valence-corrected chi connectivity index (χ0v) is 11.0. The lowest BCUT2D eigenvalue weighted by Gasteiger charge is -2.24. The highest BCUT2D eigenvalue weighted by Gasteiger charge is 2.25. The Bertz CT molecular complexity index is 557. The van der Waals surface area contributed by atoms with E-state index >= 15 is 0 Å². The van der Waals surface area contributed by atoms with E-state index in [4.69, 9.17) is 0 Å². The van der Waals surface area contributed by atoms with Crippen molar-refractivity contribution in [1.29, 1.82) is 0 Å². The van der Waals surface area contributed by atoms with Crippen molar-refractivity contribution in [3.63, 3.8) is 0 Å². The first kappa shape index (κ1) is 11.5. The Morgan fingerprint density at radius 3 is 3.11 bits per heavy atom. The molecule has 0 saturated carbocycles. The lowest BCUT2D eigenvalue weighted by Crippen LogP contribution is -2.31. The van der Waals surface area contributed by atoms with Gasteiger partial charge < -0.3 is 9.88 Å². The number of nitrogens with one attached hydrogen (secondary N) is 1. The minimum absolute atomic E-state index is 0.251. The van der Waals surface area contributed by atoms with Crippen LogP contribution in [0.2, 0.25) is 0 Å². The largest absolute Gasteiger partial charge is 0.334 e. The molecule has 94 valence electrons. The van der Waals surface area contributed by atoms with Crippen molar-refractivity contribution in [2.24, 2.45) is 0 Å². The Labute approximate surface area is 108 Å². The van der Waals surface area contributed by atoms with Crippen LogP contribution in [0.4, 0.5) is 0 Å². The summed E-state index contributed by atoms with van der Waals surface area (Å²) in [6.45, 7) is 6.34. The smallest absolute Gasteiger partial charge is 0.0952 e. The summed E-state index contributed by atoms with van der Waals surface area (Å²) < 4.78 is 2.26. The number of hydrogen-bond donors (Lipinski definition) is 1. The highest BCUT2D eigenvalue weighted by Crippen LogP contribution is 2.27. The SMILES string of the molecule is CCn1cnc2c1CCNC2c1cccc(C)c1. The van der Waals surface area contributed by atoms with Gasteiger partial charge in [0.05, 0.1) is 18.1 Å². The standard InChI is InChI=1S/C15H19N3/c1-3-18-10-17-15-13(18)7-8-16-14(15)12-6-4-5-11(2)9-12/h4-6,9-10,14,16H,3,7-8H2,1-2H3. The number of fused-ring (bicyclic) bond motifs is 1. The van der Waals surface area contributed by atoms with Crippen LogP contribution < -0.4 is 5.32 Å². The third kappa shape index (κ3) is 1.85. The minimum Gasteiger partial charge on any atom is -0.334 e. The average molecular weight is 241 g/mol. The Kier molecular flexibility index (Phi) is 2.92. The van der Waals surface area contributed by atoms with Crippen molar-refractivity contribution in [2.45, 2.75) is 32.9 Å². The van der Waals surface area contributed by atoms with Crippen molar-refractivity contribution < 1.29 is 0 Å². The van der Waals surface area contributed by atoms with Gasteiger partial charge in [0.15, 0.2) is 0 Å². The molecule has 1 aromatic heterocycles. The number of aromatic nitrogens is 2. The molecule has 1 aliphatic rings. The molecule has 2 aromatic rings. The summed E-state index contributed by atoms with van der Waals surface area (Å²) in [6, 6.07) is 8.94. The number of nitrogens with zero attached hydrogens (tertiary/aromatic N) is 2. The van der Waals surface area contributed by atoms with Crippen LogP contribution in [0.3, 0.4) is 0 Å². The Morgan fingerprint density at radius 1 is 1.44 bits per heavy atom. The van der Waals surface area contributed by atoms with Crippen LogP contribution in [-0.2, 0) is 13.0 Å². The monoisotopic (exact) mass is 241 g/mol. The Balaban J connectivity index is 2.03. The summed E-state index contributed by atoms with van der Waals surface area (Å²) in [7, 11) is 0. The van der Waals surface area contributed by atoms with E-state index < -0.39 is 0 Å². The molecular weight excluding hydrogens is 222 g/mol. The van der Waals surface area contributed by atoms with Gasteiger partial charge in [0.1, 0.15) is 0 Å². The molecule has 1 atom stereocenters. The van der Waals surface area contributed by atoms with E-state index in [0.717, 1.165) is 19.5 Å². The second-order valence-electron chi connectivity index (χ2n) is 4.91. The molecule has 0 aliphatic carbocycles. The van der Waals surface area contributed by atoms with Crippen LogP contribution in [-0.4, -0.2) is 16.1 Å². The number of benzene rings is 1. The molecule has 0 saturated heterocycles. The van der Waals surface area contributed by atoms with Gasteiger partial charge in [0.25, 0.3) is 0 Å². The van der Waals surface area contributed by atoms with Crippen LogP contribution >= 0.6 is 0 Å². The molecule has 0 amide bonds. The molecule has 1 N–H and O–H groups in total. The van der Waals surface area contributed by atoms with Gasteiger partial charge in [0.2, 0.25) is 0 Å². The van der Waals surface area contributed by atoms with Crippen LogP contribution in [0.1, 0.15) is 35.5 Å². The van der Waals surface area contributed by atoms with E-state index in [0.29, 0.717) is 0 Å². The Hall–Kier alpha value is -1.61. The highest BCUT2D eigenvalue weighted by atomic mass is 15.1. The minimum atomic E-state index is 0.251. The highest BCUT2D eigenvalue weighted by molar-refractivity contribution is 5.34. The van der Waals surface area contributed by atoms with Crippen LogP contribution in [0.5, 0.6) is 0 Å². The van der Waals surface area contributed by atoms with Gasteiger partial charge >= 0.3 is 0 Å². The van der Waals surface area contributed by atoms with E-state index in [1.54, 1.807) is 0 Å². The van der Waals surface area contributed by atoms with Crippen molar-refractivity contribution in [3.8, 4) is 0 Å². The summed E-state index contributed by atoms with van der Waals surface area (Å²) in [5.41, 5.74) is 5.21. The first-order chi connectivity index (χ1) is 8.79. The predicted octanol–water partition coefficient (Wildman–Crippen LogP) is 2.45. The van der Waals surface area contributed by atoms with Gasteiger partial charge in [-0.3, -0.25) is 0 Å². The Morgan fingerprint density at radius 2 is 2.33 bits per heavy atom. The van der Waals surface area contributed by atoms with E-state index in [2.05, 4.69) is 53.0 Å². The first-order valence-corrected chi connectivity index (χ1v) is 6.63. The molecule has 3 nitrogen and oxygen atoms in total. The third-order valence-electron chi connectivity index (χ3n) is 3.68. The lowest BCUT2D eigenvalue weighted by molar-refractivity contribution is 0.538. The molecule has 0 spiro atoms. The van der Waals surface area contributed by atoms with Crippen molar-refractivity contribution in [2.75, 3.05) is 6.54 Å². The van der Waals surface area contributed by atoms with Gasteiger partial charge in [-0.05, 0) is 19.4 Å². The maximum atomic E-state index is 4.62. The fourth-order valence-electron chi connectivity index (χ4n) is 2.77. The van der Waals surface area contributed by atoms with Gasteiger partial charge in [-0.25, -0.2) is 4.98 Å². The summed E-state index contributed by atoms with van der Waals surface area (Å²) in [6.07, 6.45) is 3.05. The van der Waals surface area contributed by atoms with Crippen LogP contribution in [0.25, 0.3) is 0 Å². The van der Waals surface area contributed by atoms with E-state index in [1.165, 1.54) is 22.5 Å². The average Bonchev–Trinajstić information content (AvgIpc) is 2.81. The molecular formula is C15H19N3. The molecule has 1 aliphatic heterocycles. The normalized spacial score (nSPS) is 18.7. The first-order valence-electron chi connectivity index (χ1n) is 6.63. The second-order valence-corrected chi connectivity index (χ2v) is 4.91. The van der Waals surface area contributed by atoms with Crippen molar-refractivity contribution >= 4 is 0 Å². The van der Waals surface area contributed by atoms with E-state index in [1.807, 2.05) is 6.33 Å². The molecule has 3 heteroatoms. The lowest BCUT2D eigenvalue weighted by atomic mass is 9.96. The maximum absolute atomic E-state index is 4.62. The van der Waals surface area contributed by atoms with Gasteiger partial charge in [-0.2, -0.15) is 0 Å². The maximum Gasteiger partial charge on any atom is 0.0952 e. The van der Waals surface area contributed by atoms with Gasteiger partial charge in [0, 0.05) is 25.2 Å². The summed E-state index contributed by atoms with van der Waals surface area (Å²) in [5.74, 6) is 0. The van der Waals surface area contributed by atoms with E-state index in [9.17, 15) is 0 Å². The second kappa shape index (κ2) is 4.58. The quantitative estimate of drug-likeness (QED) is 0.875. The molecule has 3 rings (SSSR count). The fraction of sp³-hybridized carbons (Fsp3) is 0.400. The summed E-state index contributed by atoms with van der Waals surface area (Å²) in [4.78, 5) is 4.62. The third-order valence-corrected chi connectivity index (χ3v) is 3.68. The number of imidazole rings is 1. The molecule has 1 aromatic carbocycles. The fourth-order valence-corrected chi connectivity index (χ4v) is 2.77. The summed E-state index contributed by atoms with van der Waals surface area (Å²) in [5, 5.41) is 3.58. The zero-order chi connectivity index (χ0) is 12.5. The number of aryl methyl sites for hydroxylation is 2. The topological polar surface area (TPSA) is 29.9 Å².